The summed E-state index contributed by atoms with van der Waals surface area (Å²) in [6.45, 7) is 3.29. The molecule has 0 aromatic carbocycles. The molecule has 20 heavy (non-hydrogen) atoms. The van der Waals surface area contributed by atoms with Gasteiger partial charge < -0.3 is 4.90 Å². The average molecular weight is 275 g/mol. The molecule has 0 radical (unpaired) electrons. The first-order chi connectivity index (χ1) is 9.63. The van der Waals surface area contributed by atoms with Gasteiger partial charge in [-0.2, -0.15) is 5.26 Å². The average Bonchev–Trinajstić information content (AvgIpc) is 3.30. The van der Waals surface area contributed by atoms with Crippen LogP contribution >= 0.6 is 0 Å². The second-order valence-electron chi connectivity index (χ2n) is 7.62. The van der Waals surface area contributed by atoms with E-state index in [1.165, 1.54) is 51.4 Å². The van der Waals surface area contributed by atoms with Crippen LogP contribution in [0.15, 0.2) is 0 Å². The number of hydrogen-bond donors (Lipinski definition) is 1. The molecule has 3 atom stereocenters. The van der Waals surface area contributed by atoms with E-state index in [1.807, 2.05) is 0 Å². The molecule has 0 heterocycles. The molecule has 0 amide bonds. The fourth-order valence-electron chi connectivity index (χ4n) is 3.94. The Kier molecular flexibility index (Phi) is 4.06. The van der Waals surface area contributed by atoms with Crippen molar-refractivity contribution in [1.82, 2.24) is 10.2 Å². The summed E-state index contributed by atoms with van der Waals surface area (Å²) < 4.78 is 0. The van der Waals surface area contributed by atoms with Gasteiger partial charge in [0.15, 0.2) is 0 Å². The highest BCUT2D eigenvalue weighted by Crippen LogP contribution is 2.42. The summed E-state index contributed by atoms with van der Waals surface area (Å²) in [6, 6.07) is 3.98. The van der Waals surface area contributed by atoms with E-state index in [2.05, 4.69) is 30.3 Å². The molecule has 3 nitrogen and oxygen atoms in total. The summed E-state index contributed by atoms with van der Waals surface area (Å²) >= 11 is 0. The van der Waals surface area contributed by atoms with E-state index in [0.717, 1.165) is 12.5 Å². The van der Waals surface area contributed by atoms with Crippen LogP contribution in [0.3, 0.4) is 0 Å². The fraction of sp³-hybridized carbons (Fsp3) is 0.941. The zero-order valence-corrected chi connectivity index (χ0v) is 13.1. The molecule has 3 saturated carbocycles. The van der Waals surface area contributed by atoms with Gasteiger partial charge in [-0.1, -0.05) is 19.8 Å². The van der Waals surface area contributed by atoms with Gasteiger partial charge in [-0.15, -0.1) is 0 Å². The highest BCUT2D eigenvalue weighted by Gasteiger charge is 2.49. The molecule has 3 heteroatoms. The van der Waals surface area contributed by atoms with Crippen molar-refractivity contribution in [3.63, 3.8) is 0 Å². The predicted molar refractivity (Wildman–Crippen MR) is 81.3 cm³/mol. The fourth-order valence-corrected chi connectivity index (χ4v) is 3.94. The molecule has 3 fully saturated rings. The van der Waals surface area contributed by atoms with Crippen molar-refractivity contribution in [3.8, 4) is 6.07 Å². The maximum atomic E-state index is 9.82. The lowest BCUT2D eigenvalue weighted by Gasteiger charge is -2.39. The number of hydrogen-bond acceptors (Lipinski definition) is 3. The normalized spacial score (nSPS) is 33.7. The number of likely N-dealkylation sites (N-methyl/N-ethyl adjacent to an activating group) is 1. The van der Waals surface area contributed by atoms with Crippen molar-refractivity contribution in [3.05, 3.63) is 0 Å². The first-order valence-corrected chi connectivity index (χ1v) is 8.52. The van der Waals surface area contributed by atoms with E-state index in [4.69, 9.17) is 0 Å². The summed E-state index contributed by atoms with van der Waals surface area (Å²) in [5.74, 6) is 1.45. The highest BCUT2D eigenvalue weighted by atomic mass is 15.2. The lowest BCUT2D eigenvalue weighted by Crippen LogP contribution is -2.56. The molecule has 0 spiro atoms. The van der Waals surface area contributed by atoms with Gasteiger partial charge in [0.1, 0.15) is 5.54 Å². The van der Waals surface area contributed by atoms with Crippen molar-refractivity contribution < 1.29 is 0 Å². The Morgan fingerprint density at radius 1 is 1.20 bits per heavy atom. The van der Waals surface area contributed by atoms with Crippen LogP contribution in [0.5, 0.6) is 0 Å². The van der Waals surface area contributed by atoms with Gasteiger partial charge >= 0.3 is 0 Å². The zero-order valence-electron chi connectivity index (χ0n) is 13.1. The molecule has 0 saturated heterocycles. The van der Waals surface area contributed by atoms with Crippen LogP contribution in [0.1, 0.15) is 58.3 Å². The van der Waals surface area contributed by atoms with Gasteiger partial charge in [-0.05, 0) is 57.4 Å². The lowest BCUT2D eigenvalue weighted by molar-refractivity contribution is 0.128. The van der Waals surface area contributed by atoms with Crippen molar-refractivity contribution in [2.24, 2.45) is 11.8 Å². The standard InChI is InChI=1S/C17H29N3/c1-13-4-3-5-16(10-13)20(2)12-17(11-18,14-6-7-14)19-15-8-9-15/h13-16,19H,3-10,12H2,1-2H3. The van der Waals surface area contributed by atoms with E-state index in [1.54, 1.807) is 0 Å². The maximum Gasteiger partial charge on any atom is 0.122 e. The van der Waals surface area contributed by atoms with E-state index in [9.17, 15) is 5.26 Å². The number of nitrogens with zero attached hydrogens (tertiary/aromatic N) is 2. The third-order valence-electron chi connectivity index (χ3n) is 5.54. The zero-order chi connectivity index (χ0) is 14.2. The number of nitrogens with one attached hydrogen (secondary N) is 1. The van der Waals surface area contributed by atoms with Gasteiger partial charge in [-0.3, -0.25) is 5.32 Å². The van der Waals surface area contributed by atoms with Crippen LogP contribution in [0, 0.1) is 23.2 Å². The molecule has 1 N–H and O–H groups in total. The van der Waals surface area contributed by atoms with Crippen molar-refractivity contribution in [2.45, 2.75) is 75.9 Å². The highest BCUT2D eigenvalue weighted by molar-refractivity contribution is 5.18. The minimum atomic E-state index is -0.267. The summed E-state index contributed by atoms with van der Waals surface area (Å²) in [6.07, 6.45) is 10.4. The Balaban J connectivity index is 1.64. The second kappa shape index (κ2) is 5.66. The summed E-state index contributed by atoms with van der Waals surface area (Å²) in [7, 11) is 2.24. The molecule has 3 rings (SSSR count). The van der Waals surface area contributed by atoms with Crippen LogP contribution in [-0.4, -0.2) is 36.1 Å². The van der Waals surface area contributed by atoms with Crippen LogP contribution in [0.4, 0.5) is 0 Å². The van der Waals surface area contributed by atoms with Crippen LogP contribution in [0.2, 0.25) is 0 Å². The Hall–Kier alpha value is -0.590. The molecule has 0 aliphatic heterocycles. The second-order valence-corrected chi connectivity index (χ2v) is 7.62. The van der Waals surface area contributed by atoms with Crippen molar-refractivity contribution >= 4 is 0 Å². The number of nitriles is 1. The molecule has 0 aromatic rings. The molecule has 0 bridgehead atoms. The monoisotopic (exact) mass is 275 g/mol. The Morgan fingerprint density at radius 2 is 1.95 bits per heavy atom. The third kappa shape index (κ3) is 3.18. The Labute approximate surface area is 123 Å². The number of rotatable bonds is 6. The van der Waals surface area contributed by atoms with E-state index >= 15 is 0 Å². The topological polar surface area (TPSA) is 39.1 Å². The van der Waals surface area contributed by atoms with Crippen LogP contribution in [0.25, 0.3) is 0 Å². The van der Waals surface area contributed by atoms with E-state index in [0.29, 0.717) is 18.0 Å². The molecular weight excluding hydrogens is 246 g/mol. The smallest absolute Gasteiger partial charge is 0.122 e. The van der Waals surface area contributed by atoms with Gasteiger partial charge in [0.05, 0.1) is 6.07 Å². The van der Waals surface area contributed by atoms with Gasteiger partial charge in [0.2, 0.25) is 0 Å². The third-order valence-corrected chi connectivity index (χ3v) is 5.54. The largest absolute Gasteiger partial charge is 0.300 e. The SMILES string of the molecule is CC1CCCC(N(C)CC(C#N)(NC2CC2)C2CC2)C1. The molecule has 3 aliphatic carbocycles. The molecule has 112 valence electrons. The van der Waals surface area contributed by atoms with E-state index in [-0.39, 0.29) is 5.54 Å². The van der Waals surface area contributed by atoms with Gasteiger partial charge in [0, 0.05) is 18.6 Å². The molecule has 3 aliphatic rings. The van der Waals surface area contributed by atoms with Crippen LogP contribution in [-0.2, 0) is 0 Å². The van der Waals surface area contributed by atoms with Crippen molar-refractivity contribution in [2.75, 3.05) is 13.6 Å². The van der Waals surface area contributed by atoms with Crippen molar-refractivity contribution in [1.29, 1.82) is 5.26 Å². The van der Waals surface area contributed by atoms with Crippen LogP contribution < -0.4 is 5.32 Å². The van der Waals surface area contributed by atoms with Gasteiger partial charge in [-0.25, -0.2) is 0 Å². The summed E-state index contributed by atoms with van der Waals surface area (Å²) in [5.41, 5.74) is -0.267. The minimum absolute atomic E-state index is 0.267. The van der Waals surface area contributed by atoms with E-state index < -0.39 is 0 Å². The molecule has 0 aromatic heterocycles. The predicted octanol–water partition coefficient (Wildman–Crippen LogP) is 2.92. The summed E-state index contributed by atoms with van der Waals surface area (Å²) in [5, 5.41) is 13.5. The quantitative estimate of drug-likeness (QED) is 0.810. The Morgan fingerprint density at radius 3 is 2.50 bits per heavy atom. The lowest BCUT2D eigenvalue weighted by atomic mass is 9.85. The summed E-state index contributed by atoms with van der Waals surface area (Å²) in [4.78, 5) is 2.49. The molecular formula is C17H29N3. The van der Waals surface area contributed by atoms with Gasteiger partial charge in [0.25, 0.3) is 0 Å². The maximum absolute atomic E-state index is 9.82. The first kappa shape index (κ1) is 14.4. The molecule has 3 unspecified atom stereocenters. The first-order valence-electron chi connectivity index (χ1n) is 8.52. The minimum Gasteiger partial charge on any atom is -0.300 e. The Bertz CT molecular complexity index is 380.